The van der Waals surface area contributed by atoms with Crippen molar-refractivity contribution in [3.63, 3.8) is 0 Å². The van der Waals surface area contributed by atoms with Crippen LogP contribution in [0.15, 0.2) is 41.3 Å². The van der Waals surface area contributed by atoms with Gasteiger partial charge in [-0.05, 0) is 18.1 Å². The number of nitriles is 1. The first-order valence-electron chi connectivity index (χ1n) is 6.92. The molecule has 0 amide bonds. The van der Waals surface area contributed by atoms with Crippen molar-refractivity contribution in [3.8, 4) is 6.07 Å². The molecule has 0 radical (unpaired) electrons. The normalized spacial score (nSPS) is 10.1. The lowest BCUT2D eigenvalue weighted by Crippen LogP contribution is -2.26. The molecule has 21 heavy (non-hydrogen) atoms. The highest BCUT2D eigenvalue weighted by atomic mass is 16.1. The molecule has 0 unspecified atom stereocenters. The van der Waals surface area contributed by atoms with Crippen LogP contribution in [0.2, 0.25) is 0 Å². The standard InChI is InChI=1S/C16H18N4O/c1-3-8-19(2)15-9-16(21)20(18-11-15)12-14-7-5-4-6-13(14)10-17/h4-7,9,11H,3,8,12H2,1-2H3. The summed E-state index contributed by atoms with van der Waals surface area (Å²) in [5, 5.41) is 13.3. The van der Waals surface area contributed by atoms with Crippen molar-refractivity contribution in [2.45, 2.75) is 19.9 Å². The summed E-state index contributed by atoms with van der Waals surface area (Å²) in [6.45, 7) is 3.27. The van der Waals surface area contributed by atoms with E-state index in [-0.39, 0.29) is 5.56 Å². The molecule has 0 saturated heterocycles. The van der Waals surface area contributed by atoms with E-state index in [2.05, 4.69) is 18.1 Å². The van der Waals surface area contributed by atoms with Gasteiger partial charge in [0, 0.05) is 19.7 Å². The second-order valence-electron chi connectivity index (χ2n) is 4.90. The van der Waals surface area contributed by atoms with Crippen molar-refractivity contribution in [2.75, 3.05) is 18.5 Å². The summed E-state index contributed by atoms with van der Waals surface area (Å²) < 4.78 is 1.37. The second kappa shape index (κ2) is 6.71. The average Bonchev–Trinajstić information content (AvgIpc) is 2.50. The highest BCUT2D eigenvalue weighted by Gasteiger charge is 2.07. The molecule has 5 heteroatoms. The van der Waals surface area contributed by atoms with Crippen molar-refractivity contribution in [3.05, 3.63) is 58.0 Å². The molecular formula is C16H18N4O. The molecule has 0 fully saturated rings. The maximum atomic E-state index is 12.1. The Hall–Kier alpha value is -2.61. The van der Waals surface area contributed by atoms with E-state index >= 15 is 0 Å². The van der Waals surface area contributed by atoms with Gasteiger partial charge < -0.3 is 4.90 Å². The molecular weight excluding hydrogens is 264 g/mol. The van der Waals surface area contributed by atoms with Crippen LogP contribution < -0.4 is 10.5 Å². The Labute approximate surface area is 124 Å². The van der Waals surface area contributed by atoms with Gasteiger partial charge in [-0.15, -0.1) is 0 Å². The van der Waals surface area contributed by atoms with Crippen LogP contribution in [0.5, 0.6) is 0 Å². The average molecular weight is 282 g/mol. The SMILES string of the molecule is CCCN(C)c1cnn(Cc2ccccc2C#N)c(=O)c1. The first-order valence-corrected chi connectivity index (χ1v) is 6.92. The van der Waals surface area contributed by atoms with Gasteiger partial charge in [-0.2, -0.15) is 10.4 Å². The molecule has 5 nitrogen and oxygen atoms in total. The first-order chi connectivity index (χ1) is 10.2. The number of hydrogen-bond donors (Lipinski definition) is 0. The summed E-state index contributed by atoms with van der Waals surface area (Å²) in [6.07, 6.45) is 2.70. The van der Waals surface area contributed by atoms with Crippen LogP contribution in [0.3, 0.4) is 0 Å². The number of anilines is 1. The van der Waals surface area contributed by atoms with E-state index in [0.29, 0.717) is 12.1 Å². The molecule has 0 saturated carbocycles. The smallest absolute Gasteiger partial charge is 0.269 e. The number of nitrogens with zero attached hydrogens (tertiary/aromatic N) is 4. The van der Waals surface area contributed by atoms with Crippen molar-refractivity contribution in [1.82, 2.24) is 9.78 Å². The zero-order chi connectivity index (χ0) is 15.2. The van der Waals surface area contributed by atoms with Crippen molar-refractivity contribution in [2.24, 2.45) is 0 Å². The number of benzene rings is 1. The Morgan fingerprint density at radius 2 is 2.14 bits per heavy atom. The molecule has 0 aliphatic carbocycles. The topological polar surface area (TPSA) is 61.9 Å². The summed E-state index contributed by atoms with van der Waals surface area (Å²) >= 11 is 0. The summed E-state index contributed by atoms with van der Waals surface area (Å²) in [7, 11) is 1.94. The zero-order valence-corrected chi connectivity index (χ0v) is 12.3. The van der Waals surface area contributed by atoms with E-state index in [4.69, 9.17) is 5.26 Å². The molecule has 1 aromatic carbocycles. The van der Waals surface area contributed by atoms with Crippen molar-refractivity contribution in [1.29, 1.82) is 5.26 Å². The second-order valence-corrected chi connectivity index (χ2v) is 4.90. The highest BCUT2D eigenvalue weighted by Crippen LogP contribution is 2.10. The summed E-state index contributed by atoms with van der Waals surface area (Å²) in [4.78, 5) is 14.1. The van der Waals surface area contributed by atoms with Gasteiger partial charge in [0.25, 0.3) is 5.56 Å². The van der Waals surface area contributed by atoms with E-state index in [0.717, 1.165) is 24.2 Å². The molecule has 1 aromatic heterocycles. The maximum absolute atomic E-state index is 12.1. The van der Waals surface area contributed by atoms with Gasteiger partial charge in [-0.3, -0.25) is 4.79 Å². The minimum Gasteiger partial charge on any atom is -0.373 e. The Bertz CT molecular complexity index is 715. The van der Waals surface area contributed by atoms with Crippen LogP contribution in [0, 0.1) is 11.3 Å². The maximum Gasteiger partial charge on any atom is 0.269 e. The fourth-order valence-electron chi connectivity index (χ4n) is 2.14. The molecule has 2 rings (SSSR count). The van der Waals surface area contributed by atoms with Crippen LogP contribution in [0.4, 0.5) is 5.69 Å². The van der Waals surface area contributed by atoms with Crippen LogP contribution in [0.1, 0.15) is 24.5 Å². The minimum atomic E-state index is -0.164. The van der Waals surface area contributed by atoms with Gasteiger partial charge in [-0.1, -0.05) is 25.1 Å². The molecule has 1 heterocycles. The third kappa shape index (κ3) is 3.48. The number of hydrogen-bond acceptors (Lipinski definition) is 4. The van der Waals surface area contributed by atoms with Gasteiger partial charge in [0.1, 0.15) is 0 Å². The van der Waals surface area contributed by atoms with Gasteiger partial charge in [0.05, 0.1) is 30.1 Å². The quantitative estimate of drug-likeness (QED) is 0.841. The van der Waals surface area contributed by atoms with Crippen LogP contribution in [-0.4, -0.2) is 23.4 Å². The zero-order valence-electron chi connectivity index (χ0n) is 12.3. The lowest BCUT2D eigenvalue weighted by Gasteiger charge is -2.17. The van der Waals surface area contributed by atoms with Crippen LogP contribution in [0.25, 0.3) is 0 Å². The van der Waals surface area contributed by atoms with Gasteiger partial charge in [-0.25, -0.2) is 4.68 Å². The molecule has 0 aliphatic heterocycles. The summed E-state index contributed by atoms with van der Waals surface area (Å²) in [5.74, 6) is 0. The van der Waals surface area contributed by atoms with E-state index in [1.54, 1.807) is 24.4 Å². The van der Waals surface area contributed by atoms with Crippen LogP contribution in [-0.2, 0) is 6.54 Å². The molecule has 0 bridgehead atoms. The first kappa shape index (κ1) is 14.8. The third-order valence-corrected chi connectivity index (χ3v) is 3.31. The number of rotatable bonds is 5. The van der Waals surface area contributed by atoms with Gasteiger partial charge in [0.15, 0.2) is 0 Å². The van der Waals surface area contributed by atoms with Gasteiger partial charge in [0.2, 0.25) is 0 Å². The fraction of sp³-hybridized carbons (Fsp3) is 0.312. The summed E-state index contributed by atoms with van der Waals surface area (Å²) in [5.41, 5.74) is 2.01. The van der Waals surface area contributed by atoms with Crippen LogP contribution >= 0.6 is 0 Å². The molecule has 0 atom stereocenters. The third-order valence-electron chi connectivity index (χ3n) is 3.31. The molecule has 2 aromatic rings. The van der Waals surface area contributed by atoms with E-state index < -0.39 is 0 Å². The lowest BCUT2D eigenvalue weighted by molar-refractivity contribution is 0.636. The van der Waals surface area contributed by atoms with Crippen molar-refractivity contribution >= 4 is 5.69 Å². The summed E-state index contributed by atoms with van der Waals surface area (Å²) in [6, 6.07) is 10.9. The fourth-order valence-corrected chi connectivity index (χ4v) is 2.14. The largest absolute Gasteiger partial charge is 0.373 e. The predicted octanol–water partition coefficient (Wildman–Crippen LogP) is 2.01. The van der Waals surface area contributed by atoms with E-state index in [1.807, 2.05) is 24.1 Å². The van der Waals surface area contributed by atoms with Gasteiger partial charge >= 0.3 is 0 Å². The van der Waals surface area contributed by atoms with E-state index in [9.17, 15) is 4.79 Å². The minimum absolute atomic E-state index is 0.164. The molecule has 0 aliphatic rings. The highest BCUT2D eigenvalue weighted by molar-refractivity contribution is 5.42. The van der Waals surface area contributed by atoms with Crippen molar-refractivity contribution < 1.29 is 0 Å². The number of aromatic nitrogens is 2. The lowest BCUT2D eigenvalue weighted by atomic mass is 10.1. The Kier molecular flexibility index (Phi) is 4.72. The Morgan fingerprint density at radius 1 is 1.38 bits per heavy atom. The monoisotopic (exact) mass is 282 g/mol. The molecule has 0 spiro atoms. The van der Waals surface area contributed by atoms with E-state index in [1.165, 1.54) is 4.68 Å². The Balaban J connectivity index is 2.26. The Morgan fingerprint density at radius 3 is 2.81 bits per heavy atom. The predicted molar refractivity (Wildman–Crippen MR) is 82.3 cm³/mol. The molecule has 0 N–H and O–H groups in total. The molecule has 108 valence electrons.